The number of unbranched alkanes of at least 4 members (excludes halogenated alkanes) is 3. The molecule has 0 aromatic heterocycles. The second-order valence-corrected chi connectivity index (χ2v) is 12.6. The Morgan fingerprint density at radius 2 is 1.02 bits per heavy atom. The van der Waals surface area contributed by atoms with Crippen LogP contribution >= 0.6 is 0 Å². The van der Waals surface area contributed by atoms with Crippen LogP contribution in [-0.4, -0.2) is 79.3 Å². The average Bonchev–Trinajstić information content (AvgIpc) is 2.99. The van der Waals surface area contributed by atoms with Crippen LogP contribution in [0.25, 0.3) is 0 Å². The van der Waals surface area contributed by atoms with Crippen molar-refractivity contribution in [2.45, 2.75) is 114 Å². The van der Waals surface area contributed by atoms with Crippen LogP contribution in [0.2, 0.25) is 0 Å². The predicted octanol–water partition coefficient (Wildman–Crippen LogP) is 7.01. The molecule has 0 aliphatic heterocycles. The number of hydrogen-bond acceptors (Lipinski definition) is 6. The first kappa shape index (κ1) is 33.7. The lowest BCUT2D eigenvalue weighted by atomic mass is 9.75. The van der Waals surface area contributed by atoms with Crippen molar-refractivity contribution in [3.05, 3.63) is 24.3 Å². The van der Waals surface area contributed by atoms with Gasteiger partial charge in [0.1, 0.15) is 0 Å². The third-order valence-electron chi connectivity index (χ3n) is 9.94. The molecule has 6 heteroatoms. The first-order chi connectivity index (χ1) is 19.5. The van der Waals surface area contributed by atoms with Gasteiger partial charge in [0, 0.05) is 60.6 Å². The molecular formula is C34H60O6. The molecule has 10 unspecified atom stereocenters. The number of methoxy groups -OCH3 is 5. The first-order valence-corrected chi connectivity index (χ1v) is 16.1. The smallest absolute Gasteiger partial charge is 0.0838 e. The number of ether oxygens (including phenoxy) is 6. The van der Waals surface area contributed by atoms with Crippen LogP contribution < -0.4 is 0 Å². The van der Waals surface area contributed by atoms with Crippen molar-refractivity contribution in [1.82, 2.24) is 0 Å². The van der Waals surface area contributed by atoms with Gasteiger partial charge in [0.2, 0.25) is 0 Å². The summed E-state index contributed by atoms with van der Waals surface area (Å²) in [5.41, 5.74) is 0. The molecule has 3 fully saturated rings. The molecule has 10 atom stereocenters. The normalized spacial score (nSPS) is 37.5. The maximum Gasteiger partial charge on any atom is 0.0838 e. The molecule has 0 N–H and O–H groups in total. The summed E-state index contributed by atoms with van der Waals surface area (Å²) in [4.78, 5) is 0. The number of rotatable bonds is 16. The highest BCUT2D eigenvalue weighted by Gasteiger charge is 2.36. The second kappa shape index (κ2) is 18.7. The van der Waals surface area contributed by atoms with E-state index in [4.69, 9.17) is 28.4 Å². The molecule has 40 heavy (non-hydrogen) atoms. The third-order valence-corrected chi connectivity index (χ3v) is 9.94. The lowest BCUT2D eigenvalue weighted by Crippen LogP contribution is -2.39. The molecule has 3 aliphatic rings. The number of hydrogen-bond donors (Lipinski definition) is 0. The second-order valence-electron chi connectivity index (χ2n) is 12.6. The molecule has 3 aliphatic carbocycles. The Morgan fingerprint density at radius 1 is 0.500 bits per heavy atom. The summed E-state index contributed by atoms with van der Waals surface area (Å²) in [7, 11) is 9.19. The Balaban J connectivity index is 1.47. The summed E-state index contributed by atoms with van der Waals surface area (Å²) < 4.78 is 35.1. The van der Waals surface area contributed by atoms with E-state index < -0.39 is 0 Å². The van der Waals surface area contributed by atoms with E-state index in [0.717, 1.165) is 64.6 Å². The van der Waals surface area contributed by atoms with Crippen LogP contribution in [0.5, 0.6) is 0 Å². The highest BCUT2D eigenvalue weighted by atomic mass is 16.5. The van der Waals surface area contributed by atoms with Gasteiger partial charge in [-0.25, -0.2) is 0 Å². The Kier molecular flexibility index (Phi) is 15.8. The predicted molar refractivity (Wildman–Crippen MR) is 162 cm³/mol. The molecule has 232 valence electrons. The highest BCUT2D eigenvalue weighted by Crippen LogP contribution is 2.38. The SMILES string of the molecule is COCCCCCCOC1CCC(/C=C/C2CC(OC)C(/C=C/C3CCC(C)C(OC)C3)CC2OC)CC1OC. The molecule has 0 heterocycles. The fourth-order valence-corrected chi connectivity index (χ4v) is 7.23. The molecule has 3 rings (SSSR count). The lowest BCUT2D eigenvalue weighted by Gasteiger charge is -2.39. The van der Waals surface area contributed by atoms with Gasteiger partial charge in [0.15, 0.2) is 0 Å². The van der Waals surface area contributed by atoms with Crippen LogP contribution in [0.1, 0.15) is 84.0 Å². The van der Waals surface area contributed by atoms with Gasteiger partial charge in [-0.05, 0) is 82.0 Å². The summed E-state index contributed by atoms with van der Waals surface area (Å²) in [6.45, 7) is 4.00. The van der Waals surface area contributed by atoms with E-state index in [1.807, 2.05) is 28.4 Å². The van der Waals surface area contributed by atoms with Crippen molar-refractivity contribution in [3.63, 3.8) is 0 Å². The monoisotopic (exact) mass is 564 g/mol. The van der Waals surface area contributed by atoms with Crippen molar-refractivity contribution in [3.8, 4) is 0 Å². The molecule has 6 nitrogen and oxygen atoms in total. The summed E-state index contributed by atoms with van der Waals surface area (Å²) in [6, 6.07) is 0. The molecule has 0 bridgehead atoms. The standard InChI is InChI=1S/C34H60O6/c1-25-11-12-26(21-31(25)36-3)13-16-28-23-33(38-5)29(24-32(28)37-4)17-14-27-15-18-30(34(22-27)39-6)40-20-10-8-7-9-19-35-2/h13-14,16-17,25-34H,7-12,15,18-24H2,1-6H3/b16-13+,17-14+. The minimum Gasteiger partial charge on any atom is -0.385 e. The highest BCUT2D eigenvalue weighted by molar-refractivity contribution is 5.07. The molecule has 0 aromatic carbocycles. The summed E-state index contributed by atoms with van der Waals surface area (Å²) in [5, 5.41) is 0. The van der Waals surface area contributed by atoms with Gasteiger partial charge in [0.25, 0.3) is 0 Å². The Bertz CT molecular complexity index is 725. The van der Waals surface area contributed by atoms with Gasteiger partial charge in [-0.3, -0.25) is 0 Å². The van der Waals surface area contributed by atoms with Gasteiger partial charge in [-0.15, -0.1) is 0 Å². The van der Waals surface area contributed by atoms with Gasteiger partial charge in [0.05, 0.1) is 30.5 Å². The molecule has 0 amide bonds. The maximum atomic E-state index is 6.26. The minimum absolute atomic E-state index is 0.170. The van der Waals surface area contributed by atoms with Crippen LogP contribution in [0.3, 0.4) is 0 Å². The van der Waals surface area contributed by atoms with Crippen LogP contribution in [0.15, 0.2) is 24.3 Å². The van der Waals surface area contributed by atoms with Crippen molar-refractivity contribution < 1.29 is 28.4 Å². The van der Waals surface area contributed by atoms with E-state index in [1.54, 1.807) is 7.11 Å². The van der Waals surface area contributed by atoms with Crippen molar-refractivity contribution >= 4 is 0 Å². The van der Waals surface area contributed by atoms with Gasteiger partial charge in [-0.1, -0.05) is 44.1 Å². The van der Waals surface area contributed by atoms with E-state index in [1.165, 1.54) is 25.7 Å². The van der Waals surface area contributed by atoms with Crippen molar-refractivity contribution in [2.75, 3.05) is 48.8 Å². The van der Waals surface area contributed by atoms with E-state index >= 15 is 0 Å². The Hall–Kier alpha value is -0.760. The zero-order valence-corrected chi connectivity index (χ0v) is 26.4. The maximum absolute atomic E-state index is 6.26. The zero-order valence-electron chi connectivity index (χ0n) is 26.4. The van der Waals surface area contributed by atoms with E-state index in [2.05, 4.69) is 31.2 Å². The summed E-state index contributed by atoms with van der Waals surface area (Å²) in [6.07, 6.45) is 24.5. The lowest BCUT2D eigenvalue weighted by molar-refractivity contribution is -0.0842. The molecule has 0 saturated heterocycles. The van der Waals surface area contributed by atoms with E-state index in [-0.39, 0.29) is 24.4 Å². The summed E-state index contributed by atoms with van der Waals surface area (Å²) >= 11 is 0. The topological polar surface area (TPSA) is 55.4 Å². The fraction of sp³-hybridized carbons (Fsp3) is 0.882. The Morgan fingerprint density at radius 3 is 1.57 bits per heavy atom. The zero-order chi connectivity index (χ0) is 28.7. The molecule has 0 spiro atoms. The minimum atomic E-state index is 0.170. The quantitative estimate of drug-likeness (QED) is 0.148. The number of allylic oxidation sites excluding steroid dienone is 2. The van der Waals surface area contributed by atoms with Crippen LogP contribution in [0, 0.1) is 29.6 Å². The van der Waals surface area contributed by atoms with Crippen LogP contribution in [-0.2, 0) is 28.4 Å². The average molecular weight is 565 g/mol. The Labute approximate surface area is 245 Å². The van der Waals surface area contributed by atoms with Gasteiger partial charge in [-0.2, -0.15) is 0 Å². The molecular weight excluding hydrogens is 504 g/mol. The van der Waals surface area contributed by atoms with E-state index in [9.17, 15) is 0 Å². The van der Waals surface area contributed by atoms with Crippen LogP contribution in [0.4, 0.5) is 0 Å². The van der Waals surface area contributed by atoms with E-state index in [0.29, 0.717) is 35.7 Å². The van der Waals surface area contributed by atoms with Crippen molar-refractivity contribution in [2.24, 2.45) is 29.6 Å². The van der Waals surface area contributed by atoms with Crippen molar-refractivity contribution in [1.29, 1.82) is 0 Å². The first-order valence-electron chi connectivity index (χ1n) is 16.1. The van der Waals surface area contributed by atoms with Gasteiger partial charge >= 0.3 is 0 Å². The molecule has 0 radical (unpaired) electrons. The fourth-order valence-electron chi connectivity index (χ4n) is 7.23. The molecule has 3 saturated carbocycles. The van der Waals surface area contributed by atoms with Gasteiger partial charge < -0.3 is 28.4 Å². The largest absolute Gasteiger partial charge is 0.385 e. The molecule has 0 aromatic rings. The summed E-state index contributed by atoms with van der Waals surface area (Å²) in [5.74, 6) is 2.56. The third kappa shape index (κ3) is 10.5.